The smallest absolute Gasteiger partial charge is 0.224 e. The predicted octanol–water partition coefficient (Wildman–Crippen LogP) is 3.63. The highest BCUT2D eigenvalue weighted by Gasteiger charge is 2.17. The fraction of sp³-hybridized carbons (Fsp3) is 0.300. The maximum Gasteiger partial charge on any atom is 0.224 e. The minimum Gasteiger partial charge on any atom is -0.352 e. The van der Waals surface area contributed by atoms with Gasteiger partial charge in [0, 0.05) is 11.4 Å². The highest BCUT2D eigenvalue weighted by molar-refractivity contribution is 5.82. The number of hydrogen-bond donors (Lipinski definition) is 2. The molecule has 4 nitrogen and oxygen atoms in total. The van der Waals surface area contributed by atoms with Gasteiger partial charge in [0.25, 0.3) is 0 Å². The molecule has 0 bridgehead atoms. The summed E-state index contributed by atoms with van der Waals surface area (Å²) in [4.78, 5) is 12.4. The van der Waals surface area contributed by atoms with Crippen LogP contribution in [0.25, 0.3) is 10.9 Å². The van der Waals surface area contributed by atoms with Gasteiger partial charge in [0.1, 0.15) is 5.82 Å². The van der Waals surface area contributed by atoms with Gasteiger partial charge in [-0.2, -0.15) is 5.10 Å². The second-order valence-corrected chi connectivity index (χ2v) is 6.72. The third kappa shape index (κ3) is 4.44. The Morgan fingerprint density at radius 1 is 1.16 bits per heavy atom. The largest absolute Gasteiger partial charge is 0.352 e. The van der Waals surface area contributed by atoms with Gasteiger partial charge in [-0.1, -0.05) is 38.1 Å². The molecule has 25 heavy (non-hydrogen) atoms. The number of nitrogens with zero attached hydrogens (tertiary/aromatic N) is 1. The van der Waals surface area contributed by atoms with Gasteiger partial charge in [-0.15, -0.1) is 0 Å². The number of rotatable bonds is 6. The average Bonchev–Trinajstić information content (AvgIpc) is 3.03. The van der Waals surface area contributed by atoms with E-state index in [0.717, 1.165) is 22.0 Å². The van der Waals surface area contributed by atoms with E-state index in [1.165, 1.54) is 12.1 Å². The lowest BCUT2D eigenvalue weighted by Crippen LogP contribution is -2.40. The summed E-state index contributed by atoms with van der Waals surface area (Å²) in [6, 6.07) is 12.3. The summed E-state index contributed by atoms with van der Waals surface area (Å²) in [5, 5.41) is 11.1. The first-order chi connectivity index (χ1) is 12.0. The summed E-state index contributed by atoms with van der Waals surface area (Å²) in [5.41, 5.74) is 2.88. The number of aromatic nitrogens is 2. The number of halogens is 1. The van der Waals surface area contributed by atoms with Crippen molar-refractivity contribution in [3.63, 3.8) is 0 Å². The molecule has 0 saturated carbocycles. The number of aromatic amines is 1. The Kier molecular flexibility index (Phi) is 5.12. The third-order valence-corrected chi connectivity index (χ3v) is 4.39. The van der Waals surface area contributed by atoms with Crippen molar-refractivity contribution in [3.05, 3.63) is 65.6 Å². The zero-order valence-corrected chi connectivity index (χ0v) is 14.4. The monoisotopic (exact) mass is 339 g/mol. The van der Waals surface area contributed by atoms with E-state index in [9.17, 15) is 9.18 Å². The van der Waals surface area contributed by atoms with Crippen molar-refractivity contribution < 1.29 is 9.18 Å². The molecule has 2 N–H and O–H groups in total. The van der Waals surface area contributed by atoms with Crippen molar-refractivity contribution >= 4 is 16.8 Å². The van der Waals surface area contributed by atoms with Gasteiger partial charge in [0.05, 0.1) is 18.1 Å². The van der Waals surface area contributed by atoms with E-state index in [4.69, 9.17) is 0 Å². The molecule has 0 spiro atoms. The lowest BCUT2D eigenvalue weighted by molar-refractivity contribution is -0.121. The number of amides is 1. The van der Waals surface area contributed by atoms with Gasteiger partial charge in [0.2, 0.25) is 5.91 Å². The molecule has 1 heterocycles. The molecule has 1 atom stereocenters. The molecule has 3 aromatic rings. The van der Waals surface area contributed by atoms with E-state index < -0.39 is 0 Å². The van der Waals surface area contributed by atoms with Crippen LogP contribution >= 0.6 is 0 Å². The fourth-order valence-corrected chi connectivity index (χ4v) is 2.87. The fourth-order valence-electron chi connectivity index (χ4n) is 2.87. The number of fused-ring (bicyclic) bond motifs is 1. The molecule has 0 fully saturated rings. The molecule has 0 saturated heterocycles. The SMILES string of the molecule is CC(C)C(Cc1ccc(F)cc1)NC(=O)Cc1ccc2cn[nH]c2c1. The number of benzene rings is 2. The van der Waals surface area contributed by atoms with E-state index >= 15 is 0 Å². The Bertz CT molecular complexity index is 855. The number of nitrogens with one attached hydrogen (secondary N) is 2. The molecular formula is C20H22FN3O. The van der Waals surface area contributed by atoms with Crippen molar-refractivity contribution in [1.82, 2.24) is 15.5 Å². The zero-order valence-electron chi connectivity index (χ0n) is 14.4. The molecule has 1 unspecified atom stereocenters. The third-order valence-electron chi connectivity index (χ3n) is 4.39. The normalized spacial score (nSPS) is 12.5. The Morgan fingerprint density at radius 2 is 1.88 bits per heavy atom. The second kappa shape index (κ2) is 7.47. The van der Waals surface area contributed by atoms with Crippen LogP contribution in [0.3, 0.4) is 0 Å². The number of H-pyrrole nitrogens is 1. The number of hydrogen-bond acceptors (Lipinski definition) is 2. The molecule has 3 rings (SSSR count). The predicted molar refractivity (Wildman–Crippen MR) is 96.7 cm³/mol. The maximum atomic E-state index is 13.0. The lowest BCUT2D eigenvalue weighted by atomic mass is 9.96. The summed E-state index contributed by atoms with van der Waals surface area (Å²) in [5.74, 6) is 0.0202. The first-order valence-corrected chi connectivity index (χ1v) is 8.47. The standard InChI is InChI=1S/C20H22FN3O/c1-13(2)18(9-14-4-7-17(21)8-5-14)23-20(25)11-15-3-6-16-12-22-24-19(16)10-15/h3-8,10,12-13,18H,9,11H2,1-2H3,(H,22,24)(H,23,25). The maximum absolute atomic E-state index is 13.0. The molecule has 0 aliphatic heterocycles. The van der Waals surface area contributed by atoms with Crippen LogP contribution in [0.15, 0.2) is 48.7 Å². The van der Waals surface area contributed by atoms with Crippen molar-refractivity contribution in [2.24, 2.45) is 5.92 Å². The molecule has 130 valence electrons. The molecule has 2 aromatic carbocycles. The Morgan fingerprint density at radius 3 is 2.60 bits per heavy atom. The van der Waals surface area contributed by atoms with E-state index in [1.54, 1.807) is 18.3 Å². The molecule has 0 radical (unpaired) electrons. The number of carbonyl (C=O) groups is 1. The van der Waals surface area contributed by atoms with Gasteiger partial charge in [0.15, 0.2) is 0 Å². The van der Waals surface area contributed by atoms with E-state index in [-0.39, 0.29) is 23.7 Å². The van der Waals surface area contributed by atoms with Crippen molar-refractivity contribution in [2.75, 3.05) is 0 Å². The summed E-state index contributed by atoms with van der Waals surface area (Å²) < 4.78 is 13.0. The van der Waals surface area contributed by atoms with Gasteiger partial charge < -0.3 is 5.32 Å². The van der Waals surface area contributed by atoms with Gasteiger partial charge in [-0.25, -0.2) is 4.39 Å². The van der Waals surface area contributed by atoms with E-state index in [0.29, 0.717) is 12.8 Å². The average molecular weight is 339 g/mol. The van der Waals surface area contributed by atoms with Crippen LogP contribution in [0.4, 0.5) is 4.39 Å². The topological polar surface area (TPSA) is 57.8 Å². The van der Waals surface area contributed by atoms with Crippen LogP contribution in [-0.4, -0.2) is 22.1 Å². The quantitative estimate of drug-likeness (QED) is 0.720. The van der Waals surface area contributed by atoms with Crippen molar-refractivity contribution in [1.29, 1.82) is 0 Å². The summed E-state index contributed by atoms with van der Waals surface area (Å²) >= 11 is 0. The Labute approximate surface area is 146 Å². The van der Waals surface area contributed by atoms with Crippen LogP contribution in [0, 0.1) is 11.7 Å². The van der Waals surface area contributed by atoms with Crippen LogP contribution < -0.4 is 5.32 Å². The highest BCUT2D eigenvalue weighted by Crippen LogP contribution is 2.15. The lowest BCUT2D eigenvalue weighted by Gasteiger charge is -2.22. The van der Waals surface area contributed by atoms with Crippen LogP contribution in [-0.2, 0) is 17.6 Å². The summed E-state index contributed by atoms with van der Waals surface area (Å²) in [6.45, 7) is 4.15. The first-order valence-electron chi connectivity index (χ1n) is 8.47. The number of carbonyl (C=O) groups excluding carboxylic acids is 1. The van der Waals surface area contributed by atoms with Crippen molar-refractivity contribution in [2.45, 2.75) is 32.7 Å². The molecule has 1 amide bonds. The van der Waals surface area contributed by atoms with E-state index in [2.05, 4.69) is 29.4 Å². The van der Waals surface area contributed by atoms with Crippen LogP contribution in [0.1, 0.15) is 25.0 Å². The molecule has 0 aliphatic rings. The Balaban J connectivity index is 1.64. The molecule has 1 aromatic heterocycles. The van der Waals surface area contributed by atoms with Crippen LogP contribution in [0.5, 0.6) is 0 Å². The van der Waals surface area contributed by atoms with Gasteiger partial charge >= 0.3 is 0 Å². The second-order valence-electron chi connectivity index (χ2n) is 6.72. The molecule has 5 heteroatoms. The van der Waals surface area contributed by atoms with Gasteiger partial charge in [-0.3, -0.25) is 9.89 Å². The summed E-state index contributed by atoms with van der Waals surface area (Å²) in [6.07, 6.45) is 2.77. The van der Waals surface area contributed by atoms with E-state index in [1.807, 2.05) is 18.2 Å². The van der Waals surface area contributed by atoms with Crippen molar-refractivity contribution in [3.8, 4) is 0 Å². The first kappa shape index (κ1) is 17.1. The molecule has 0 aliphatic carbocycles. The van der Waals surface area contributed by atoms with Gasteiger partial charge in [-0.05, 0) is 41.7 Å². The minimum atomic E-state index is -0.247. The zero-order chi connectivity index (χ0) is 17.8. The summed E-state index contributed by atoms with van der Waals surface area (Å²) in [7, 11) is 0. The molecular weight excluding hydrogens is 317 g/mol. The minimum absolute atomic E-state index is 0.00819. The van der Waals surface area contributed by atoms with Crippen LogP contribution in [0.2, 0.25) is 0 Å². The Hall–Kier alpha value is -2.69. The highest BCUT2D eigenvalue weighted by atomic mass is 19.1.